The van der Waals surface area contributed by atoms with Gasteiger partial charge in [0.1, 0.15) is 11.6 Å². The SMILES string of the molecule is COc1cc(F)ccc1NC1CC(C)C1. The molecule has 15 heavy (non-hydrogen) atoms. The fourth-order valence-electron chi connectivity index (χ4n) is 2.02. The Balaban J connectivity index is 2.07. The second-order valence-electron chi connectivity index (χ2n) is 4.26. The molecule has 0 atom stereocenters. The fraction of sp³-hybridized carbons (Fsp3) is 0.500. The molecule has 1 aromatic rings. The third-order valence-electron chi connectivity index (χ3n) is 2.90. The summed E-state index contributed by atoms with van der Waals surface area (Å²) in [6.45, 7) is 2.24. The molecule has 1 fully saturated rings. The highest BCUT2D eigenvalue weighted by atomic mass is 19.1. The van der Waals surface area contributed by atoms with Crippen LogP contribution >= 0.6 is 0 Å². The minimum absolute atomic E-state index is 0.264. The van der Waals surface area contributed by atoms with E-state index in [1.165, 1.54) is 25.0 Å². The van der Waals surface area contributed by atoms with E-state index >= 15 is 0 Å². The van der Waals surface area contributed by atoms with Gasteiger partial charge in [0, 0.05) is 12.1 Å². The van der Waals surface area contributed by atoms with E-state index in [1.807, 2.05) is 0 Å². The number of ether oxygens (including phenoxy) is 1. The topological polar surface area (TPSA) is 21.3 Å². The molecule has 0 aliphatic heterocycles. The Labute approximate surface area is 89.4 Å². The standard InChI is InChI=1S/C12H16FNO/c1-8-5-10(6-8)14-11-4-3-9(13)7-12(11)15-2/h3-4,7-8,10,14H,5-6H2,1-2H3. The van der Waals surface area contributed by atoms with Crippen LogP contribution in [0.25, 0.3) is 0 Å². The van der Waals surface area contributed by atoms with Crippen molar-refractivity contribution in [3.05, 3.63) is 24.0 Å². The molecule has 0 heterocycles. The lowest BCUT2D eigenvalue weighted by Gasteiger charge is -2.34. The molecule has 0 bridgehead atoms. The zero-order chi connectivity index (χ0) is 10.8. The van der Waals surface area contributed by atoms with Gasteiger partial charge in [-0.05, 0) is 30.9 Å². The predicted octanol–water partition coefficient (Wildman–Crippen LogP) is 3.04. The van der Waals surface area contributed by atoms with Crippen molar-refractivity contribution < 1.29 is 9.13 Å². The van der Waals surface area contributed by atoms with Crippen molar-refractivity contribution in [1.29, 1.82) is 0 Å². The Morgan fingerprint density at radius 2 is 2.13 bits per heavy atom. The van der Waals surface area contributed by atoms with Gasteiger partial charge in [0.2, 0.25) is 0 Å². The van der Waals surface area contributed by atoms with E-state index in [-0.39, 0.29) is 5.82 Å². The number of anilines is 1. The number of benzene rings is 1. The number of methoxy groups -OCH3 is 1. The Hall–Kier alpha value is -1.25. The molecule has 1 N–H and O–H groups in total. The van der Waals surface area contributed by atoms with Crippen LogP contribution in [0.4, 0.5) is 10.1 Å². The first-order chi connectivity index (χ1) is 7.19. The van der Waals surface area contributed by atoms with Gasteiger partial charge in [-0.3, -0.25) is 0 Å². The first-order valence-electron chi connectivity index (χ1n) is 5.29. The normalized spacial score (nSPS) is 24.5. The molecule has 2 rings (SSSR count). The van der Waals surface area contributed by atoms with Gasteiger partial charge >= 0.3 is 0 Å². The number of hydrogen-bond donors (Lipinski definition) is 1. The van der Waals surface area contributed by atoms with Crippen molar-refractivity contribution >= 4 is 5.69 Å². The first kappa shape index (κ1) is 10.3. The summed E-state index contributed by atoms with van der Waals surface area (Å²) >= 11 is 0. The summed E-state index contributed by atoms with van der Waals surface area (Å²) in [5.74, 6) is 1.11. The van der Waals surface area contributed by atoms with E-state index in [4.69, 9.17) is 4.74 Å². The van der Waals surface area contributed by atoms with E-state index in [2.05, 4.69) is 12.2 Å². The lowest BCUT2D eigenvalue weighted by molar-refractivity contribution is 0.308. The molecular formula is C12H16FNO. The second-order valence-corrected chi connectivity index (χ2v) is 4.26. The highest BCUT2D eigenvalue weighted by Crippen LogP contribution is 2.33. The summed E-state index contributed by atoms with van der Waals surface area (Å²) in [6.07, 6.45) is 2.36. The van der Waals surface area contributed by atoms with Crippen LogP contribution in [-0.2, 0) is 0 Å². The third kappa shape index (κ3) is 2.22. The van der Waals surface area contributed by atoms with Gasteiger partial charge in [-0.15, -0.1) is 0 Å². The van der Waals surface area contributed by atoms with Gasteiger partial charge in [-0.25, -0.2) is 4.39 Å². The van der Waals surface area contributed by atoms with E-state index in [0.29, 0.717) is 11.8 Å². The minimum atomic E-state index is -0.264. The van der Waals surface area contributed by atoms with Crippen molar-refractivity contribution in [2.24, 2.45) is 5.92 Å². The predicted molar refractivity (Wildman–Crippen MR) is 58.8 cm³/mol. The van der Waals surface area contributed by atoms with Crippen LogP contribution in [0, 0.1) is 11.7 Å². The van der Waals surface area contributed by atoms with Crippen molar-refractivity contribution in [2.45, 2.75) is 25.8 Å². The molecular weight excluding hydrogens is 193 g/mol. The summed E-state index contributed by atoms with van der Waals surface area (Å²) in [5, 5.41) is 3.36. The summed E-state index contributed by atoms with van der Waals surface area (Å²) in [6, 6.07) is 5.11. The van der Waals surface area contributed by atoms with E-state index in [9.17, 15) is 4.39 Å². The summed E-state index contributed by atoms with van der Waals surface area (Å²) < 4.78 is 18.0. The molecule has 1 saturated carbocycles. The minimum Gasteiger partial charge on any atom is -0.494 e. The van der Waals surface area contributed by atoms with Gasteiger partial charge in [-0.2, -0.15) is 0 Å². The molecule has 3 heteroatoms. The largest absolute Gasteiger partial charge is 0.494 e. The molecule has 1 aromatic carbocycles. The zero-order valence-corrected chi connectivity index (χ0v) is 9.09. The van der Waals surface area contributed by atoms with Crippen LogP contribution in [0.2, 0.25) is 0 Å². The van der Waals surface area contributed by atoms with Crippen LogP contribution in [0.1, 0.15) is 19.8 Å². The highest BCUT2D eigenvalue weighted by Gasteiger charge is 2.25. The molecule has 0 saturated heterocycles. The monoisotopic (exact) mass is 209 g/mol. The summed E-state index contributed by atoms with van der Waals surface area (Å²) in [7, 11) is 1.56. The van der Waals surface area contributed by atoms with E-state index in [1.54, 1.807) is 13.2 Å². The number of hydrogen-bond acceptors (Lipinski definition) is 2. The molecule has 1 aliphatic rings. The zero-order valence-electron chi connectivity index (χ0n) is 9.09. The molecule has 2 nitrogen and oxygen atoms in total. The average molecular weight is 209 g/mol. The first-order valence-corrected chi connectivity index (χ1v) is 5.29. The van der Waals surface area contributed by atoms with Gasteiger partial charge in [0.25, 0.3) is 0 Å². The average Bonchev–Trinajstić information content (AvgIpc) is 2.18. The van der Waals surface area contributed by atoms with Crippen molar-refractivity contribution in [1.82, 2.24) is 0 Å². The van der Waals surface area contributed by atoms with Crippen LogP contribution in [0.5, 0.6) is 5.75 Å². The second kappa shape index (κ2) is 4.09. The van der Waals surface area contributed by atoms with Gasteiger partial charge in [0.05, 0.1) is 12.8 Å². The summed E-state index contributed by atoms with van der Waals surface area (Å²) in [5.41, 5.74) is 0.885. The lowest BCUT2D eigenvalue weighted by Crippen LogP contribution is -2.33. The number of rotatable bonds is 3. The molecule has 82 valence electrons. The van der Waals surface area contributed by atoms with Crippen LogP contribution < -0.4 is 10.1 Å². The number of nitrogens with one attached hydrogen (secondary N) is 1. The molecule has 0 unspecified atom stereocenters. The Bertz CT molecular complexity index is 347. The maximum absolute atomic E-state index is 12.9. The van der Waals surface area contributed by atoms with Crippen molar-refractivity contribution in [3.63, 3.8) is 0 Å². The van der Waals surface area contributed by atoms with Crippen LogP contribution in [0.15, 0.2) is 18.2 Å². The van der Waals surface area contributed by atoms with Gasteiger partial charge in [-0.1, -0.05) is 6.92 Å². The van der Waals surface area contributed by atoms with Crippen LogP contribution in [0.3, 0.4) is 0 Å². The van der Waals surface area contributed by atoms with E-state index in [0.717, 1.165) is 11.6 Å². The van der Waals surface area contributed by atoms with Crippen molar-refractivity contribution in [2.75, 3.05) is 12.4 Å². The Kier molecular flexibility index (Phi) is 2.80. The van der Waals surface area contributed by atoms with Crippen LogP contribution in [-0.4, -0.2) is 13.2 Å². The van der Waals surface area contributed by atoms with Gasteiger partial charge < -0.3 is 10.1 Å². The Morgan fingerprint density at radius 1 is 1.40 bits per heavy atom. The molecule has 0 spiro atoms. The quantitative estimate of drug-likeness (QED) is 0.826. The smallest absolute Gasteiger partial charge is 0.144 e. The molecule has 1 aliphatic carbocycles. The van der Waals surface area contributed by atoms with E-state index < -0.39 is 0 Å². The maximum Gasteiger partial charge on any atom is 0.144 e. The molecule has 0 aromatic heterocycles. The third-order valence-corrected chi connectivity index (χ3v) is 2.90. The summed E-state index contributed by atoms with van der Waals surface area (Å²) in [4.78, 5) is 0. The fourth-order valence-corrected chi connectivity index (χ4v) is 2.02. The lowest BCUT2D eigenvalue weighted by atomic mass is 9.82. The van der Waals surface area contributed by atoms with Gasteiger partial charge in [0.15, 0.2) is 0 Å². The Morgan fingerprint density at radius 3 is 2.73 bits per heavy atom. The number of halogens is 1. The maximum atomic E-state index is 12.9. The molecule has 0 radical (unpaired) electrons. The van der Waals surface area contributed by atoms with Crippen molar-refractivity contribution in [3.8, 4) is 5.75 Å². The molecule has 0 amide bonds. The highest BCUT2D eigenvalue weighted by molar-refractivity contribution is 5.57.